The van der Waals surface area contributed by atoms with Crippen LogP contribution in [0.3, 0.4) is 0 Å². The molecule has 0 aromatic rings. The van der Waals surface area contributed by atoms with Crippen LogP contribution in [-0.4, -0.2) is 49.6 Å². The van der Waals surface area contributed by atoms with Gasteiger partial charge in [0, 0.05) is 13.1 Å². The number of piperidine rings is 1. The summed E-state index contributed by atoms with van der Waals surface area (Å²) < 4.78 is 0. The average molecular weight is 285 g/mol. The van der Waals surface area contributed by atoms with Crippen molar-refractivity contribution in [3.05, 3.63) is 0 Å². The fraction of sp³-hybridized carbons (Fsp3) is 1.00. The van der Waals surface area contributed by atoms with Crippen LogP contribution in [0.4, 0.5) is 0 Å². The molecule has 1 unspecified atom stereocenters. The van der Waals surface area contributed by atoms with Gasteiger partial charge >= 0.3 is 0 Å². The minimum atomic E-state index is 0.889. The molecule has 0 amide bonds. The normalized spacial score (nSPS) is 24.9. The molecule has 2 heteroatoms. The quantitative estimate of drug-likeness (QED) is 0.760. The third kappa shape index (κ3) is 7.08. The Labute approximate surface area is 128 Å². The summed E-state index contributed by atoms with van der Waals surface area (Å²) in [5.41, 5.74) is 0. The Morgan fingerprint density at radius 2 is 1.45 bits per heavy atom. The second-order valence-electron chi connectivity index (χ2n) is 6.30. The molecule has 2 heterocycles. The topological polar surface area (TPSA) is 6.48 Å². The summed E-state index contributed by atoms with van der Waals surface area (Å²) in [7, 11) is 2.25. The van der Waals surface area contributed by atoms with E-state index in [0.717, 1.165) is 17.8 Å². The van der Waals surface area contributed by atoms with Crippen LogP contribution in [0.2, 0.25) is 0 Å². The summed E-state index contributed by atoms with van der Waals surface area (Å²) >= 11 is 0. The smallest absolute Gasteiger partial charge is 0.00224 e. The zero-order valence-electron chi connectivity index (χ0n) is 15.3. The van der Waals surface area contributed by atoms with E-state index in [4.69, 9.17) is 0 Å². The molecule has 0 bridgehead atoms. The second-order valence-corrected chi connectivity index (χ2v) is 6.30. The molecule has 2 rings (SSSR count). The fourth-order valence-electron chi connectivity index (χ4n) is 3.34. The minimum absolute atomic E-state index is 0.889. The third-order valence-corrected chi connectivity index (χ3v) is 4.58. The lowest BCUT2D eigenvalue weighted by Crippen LogP contribution is -2.38. The van der Waals surface area contributed by atoms with Crippen LogP contribution >= 0.6 is 0 Å². The van der Waals surface area contributed by atoms with Gasteiger partial charge in [-0.2, -0.15) is 0 Å². The van der Waals surface area contributed by atoms with E-state index in [1.807, 2.05) is 27.7 Å². The molecule has 2 aliphatic heterocycles. The van der Waals surface area contributed by atoms with E-state index in [0.29, 0.717) is 0 Å². The van der Waals surface area contributed by atoms with Gasteiger partial charge in [0.15, 0.2) is 0 Å². The van der Waals surface area contributed by atoms with Crippen LogP contribution in [0.15, 0.2) is 0 Å². The molecular weight excluding hydrogens is 244 g/mol. The number of rotatable bonds is 3. The summed E-state index contributed by atoms with van der Waals surface area (Å²) in [6.07, 6.45) is 4.28. The molecule has 0 saturated carbocycles. The van der Waals surface area contributed by atoms with Crippen molar-refractivity contribution in [2.75, 3.05) is 39.8 Å². The van der Waals surface area contributed by atoms with Crippen LogP contribution in [0.1, 0.15) is 60.8 Å². The van der Waals surface area contributed by atoms with E-state index >= 15 is 0 Å². The van der Waals surface area contributed by atoms with Crippen LogP contribution in [-0.2, 0) is 0 Å². The third-order valence-electron chi connectivity index (χ3n) is 4.58. The summed E-state index contributed by atoms with van der Waals surface area (Å²) in [6.45, 7) is 19.5. The van der Waals surface area contributed by atoms with E-state index in [9.17, 15) is 0 Å². The van der Waals surface area contributed by atoms with Crippen molar-refractivity contribution in [2.24, 2.45) is 17.8 Å². The van der Waals surface area contributed by atoms with Crippen LogP contribution in [0.25, 0.3) is 0 Å². The van der Waals surface area contributed by atoms with Gasteiger partial charge in [-0.3, -0.25) is 0 Å². The van der Waals surface area contributed by atoms with Gasteiger partial charge in [0.2, 0.25) is 0 Å². The second kappa shape index (κ2) is 11.6. The Kier molecular flexibility index (Phi) is 11.5. The molecule has 0 N–H and O–H groups in total. The highest BCUT2D eigenvalue weighted by Crippen LogP contribution is 2.25. The van der Waals surface area contributed by atoms with Gasteiger partial charge < -0.3 is 9.80 Å². The molecule has 0 spiro atoms. The van der Waals surface area contributed by atoms with Gasteiger partial charge in [0.05, 0.1) is 0 Å². The van der Waals surface area contributed by atoms with E-state index in [2.05, 4.69) is 30.7 Å². The highest BCUT2D eigenvalue weighted by molar-refractivity contribution is 4.80. The Hall–Kier alpha value is -0.0800. The number of hydrogen-bond acceptors (Lipinski definition) is 2. The number of hydrogen-bond donors (Lipinski definition) is 0. The van der Waals surface area contributed by atoms with Crippen LogP contribution in [0, 0.1) is 17.8 Å². The van der Waals surface area contributed by atoms with Crippen molar-refractivity contribution >= 4 is 0 Å². The van der Waals surface area contributed by atoms with Crippen molar-refractivity contribution in [1.82, 2.24) is 9.80 Å². The summed E-state index contributed by atoms with van der Waals surface area (Å²) in [5.74, 6) is 2.82. The average Bonchev–Trinajstić information content (AvgIpc) is 2.89. The standard InChI is InChI=1S/C14H28N2.2C2H6/c1-12(2)14-5-8-16(9-6-14)11-13-4-7-15(3)10-13;2*1-2/h12-14H,4-11H2,1-3H3;2*1-2H3. The minimum Gasteiger partial charge on any atom is -0.306 e. The van der Waals surface area contributed by atoms with Gasteiger partial charge in [-0.15, -0.1) is 0 Å². The van der Waals surface area contributed by atoms with Gasteiger partial charge in [-0.25, -0.2) is 0 Å². The molecule has 20 heavy (non-hydrogen) atoms. The maximum Gasteiger partial charge on any atom is 0.00224 e. The molecule has 0 radical (unpaired) electrons. The Morgan fingerprint density at radius 1 is 0.900 bits per heavy atom. The molecule has 122 valence electrons. The van der Waals surface area contributed by atoms with E-state index < -0.39 is 0 Å². The lowest BCUT2D eigenvalue weighted by Gasteiger charge is -2.35. The largest absolute Gasteiger partial charge is 0.306 e. The van der Waals surface area contributed by atoms with Gasteiger partial charge in [0.1, 0.15) is 0 Å². The lowest BCUT2D eigenvalue weighted by atomic mass is 9.86. The van der Waals surface area contributed by atoms with E-state index in [1.165, 1.54) is 52.0 Å². The summed E-state index contributed by atoms with van der Waals surface area (Å²) in [4.78, 5) is 5.19. The monoisotopic (exact) mass is 284 g/mol. The number of nitrogens with zero attached hydrogens (tertiary/aromatic N) is 2. The molecular formula is C18H40N2. The summed E-state index contributed by atoms with van der Waals surface area (Å²) in [6, 6.07) is 0. The highest BCUT2D eigenvalue weighted by Gasteiger charge is 2.25. The highest BCUT2D eigenvalue weighted by atomic mass is 15.2. The zero-order chi connectivity index (χ0) is 15.5. The lowest BCUT2D eigenvalue weighted by molar-refractivity contribution is 0.140. The van der Waals surface area contributed by atoms with Crippen LogP contribution < -0.4 is 0 Å². The van der Waals surface area contributed by atoms with Crippen molar-refractivity contribution in [2.45, 2.75) is 60.8 Å². The Bertz CT molecular complexity index is 207. The summed E-state index contributed by atoms with van der Waals surface area (Å²) in [5, 5.41) is 0. The molecule has 2 aliphatic rings. The molecule has 0 aromatic heterocycles. The Morgan fingerprint density at radius 3 is 1.85 bits per heavy atom. The van der Waals surface area contributed by atoms with Crippen molar-refractivity contribution in [1.29, 1.82) is 0 Å². The fourth-order valence-corrected chi connectivity index (χ4v) is 3.34. The first-order valence-corrected chi connectivity index (χ1v) is 9.06. The van der Waals surface area contributed by atoms with Gasteiger partial charge in [0.25, 0.3) is 0 Å². The molecule has 2 fully saturated rings. The first-order valence-electron chi connectivity index (χ1n) is 9.06. The number of likely N-dealkylation sites (tertiary alicyclic amines) is 2. The van der Waals surface area contributed by atoms with Crippen molar-refractivity contribution in [3.8, 4) is 0 Å². The van der Waals surface area contributed by atoms with Gasteiger partial charge in [-0.05, 0) is 63.7 Å². The van der Waals surface area contributed by atoms with E-state index in [-0.39, 0.29) is 0 Å². The van der Waals surface area contributed by atoms with Crippen LogP contribution in [0.5, 0.6) is 0 Å². The molecule has 0 aromatic carbocycles. The first kappa shape index (κ1) is 19.9. The predicted octanol–water partition coefficient (Wildman–Crippen LogP) is 4.36. The maximum atomic E-state index is 2.71. The predicted molar refractivity (Wildman–Crippen MR) is 92.3 cm³/mol. The zero-order valence-corrected chi connectivity index (χ0v) is 15.3. The molecule has 0 aliphatic carbocycles. The molecule has 1 atom stereocenters. The molecule has 2 saturated heterocycles. The Balaban J connectivity index is 0.000000829. The molecule has 2 nitrogen and oxygen atoms in total. The SMILES string of the molecule is CC.CC.CC(C)C1CCN(CC2CCN(C)C2)CC1. The van der Waals surface area contributed by atoms with Gasteiger partial charge in [-0.1, -0.05) is 41.5 Å². The first-order chi connectivity index (χ1) is 9.65. The maximum absolute atomic E-state index is 2.71. The van der Waals surface area contributed by atoms with E-state index in [1.54, 1.807) is 0 Å². The van der Waals surface area contributed by atoms with Crippen molar-refractivity contribution in [3.63, 3.8) is 0 Å². The van der Waals surface area contributed by atoms with Crippen molar-refractivity contribution < 1.29 is 0 Å².